The number of Topliss-reactive ketones (excluding diaryl/α,β-unsaturated/α-hetero) is 1. The highest BCUT2D eigenvalue weighted by molar-refractivity contribution is 5.91. The molecule has 2 bridgehead atoms. The van der Waals surface area contributed by atoms with Crippen molar-refractivity contribution >= 4 is 5.78 Å². The first-order chi connectivity index (χ1) is 7.88. The van der Waals surface area contributed by atoms with Crippen LogP contribution >= 0.6 is 0 Å². The summed E-state index contributed by atoms with van der Waals surface area (Å²) >= 11 is 0. The fourth-order valence-corrected chi connectivity index (χ4v) is 4.24. The Morgan fingerprint density at radius 2 is 1.82 bits per heavy atom. The molecule has 2 saturated carbocycles. The zero-order valence-corrected chi connectivity index (χ0v) is 12.0. The van der Waals surface area contributed by atoms with Crippen LogP contribution in [-0.4, -0.2) is 30.3 Å². The van der Waals surface area contributed by atoms with Crippen molar-refractivity contribution in [2.75, 3.05) is 19.6 Å². The van der Waals surface area contributed by atoms with Crippen LogP contribution in [-0.2, 0) is 4.79 Å². The highest BCUT2D eigenvalue weighted by Crippen LogP contribution is 2.65. The molecule has 0 heterocycles. The fraction of sp³-hybridized carbons (Fsp3) is 0.933. The van der Waals surface area contributed by atoms with Crippen LogP contribution in [0.2, 0.25) is 0 Å². The Morgan fingerprint density at radius 1 is 1.24 bits per heavy atom. The third-order valence-corrected chi connectivity index (χ3v) is 6.02. The summed E-state index contributed by atoms with van der Waals surface area (Å²) in [7, 11) is 0. The molecule has 0 N–H and O–H groups in total. The van der Waals surface area contributed by atoms with Crippen molar-refractivity contribution in [3.63, 3.8) is 0 Å². The van der Waals surface area contributed by atoms with Gasteiger partial charge in [0.1, 0.15) is 5.78 Å². The van der Waals surface area contributed by atoms with Gasteiger partial charge in [0.15, 0.2) is 0 Å². The molecule has 0 unspecified atom stereocenters. The zero-order chi connectivity index (χ0) is 12.8. The molecule has 2 rings (SSSR count). The average Bonchev–Trinajstić information content (AvgIpc) is 2.59. The molecule has 0 spiro atoms. The summed E-state index contributed by atoms with van der Waals surface area (Å²) in [6.07, 6.45) is 2.36. The van der Waals surface area contributed by atoms with E-state index in [1.54, 1.807) is 0 Å². The van der Waals surface area contributed by atoms with Gasteiger partial charge in [-0.2, -0.15) is 0 Å². The highest BCUT2D eigenvalue weighted by Gasteiger charge is 2.65. The Kier molecular flexibility index (Phi) is 3.14. The minimum absolute atomic E-state index is 0.0461. The van der Waals surface area contributed by atoms with E-state index in [0.717, 1.165) is 26.1 Å². The standard InChI is InChI=1S/C15H27NO/c1-6-16(7-2)10-11-12-8-9-15(5,13(11)17)14(12,3)4/h11-12H,6-10H2,1-5H3/t11-,12+,15-/m0/s1. The molecule has 0 radical (unpaired) electrons. The van der Waals surface area contributed by atoms with Gasteiger partial charge in [0, 0.05) is 17.9 Å². The Bertz CT molecular complexity index is 319. The second kappa shape index (κ2) is 4.08. The molecular formula is C15H27NO. The van der Waals surface area contributed by atoms with E-state index < -0.39 is 0 Å². The Labute approximate surface area is 106 Å². The maximum atomic E-state index is 12.6. The summed E-state index contributed by atoms with van der Waals surface area (Å²) in [5.41, 5.74) is 0.164. The van der Waals surface area contributed by atoms with Crippen LogP contribution in [0.25, 0.3) is 0 Å². The highest BCUT2D eigenvalue weighted by atomic mass is 16.1. The first-order valence-electron chi connectivity index (χ1n) is 7.15. The van der Waals surface area contributed by atoms with Crippen molar-refractivity contribution in [1.82, 2.24) is 4.90 Å². The third kappa shape index (κ3) is 1.60. The van der Waals surface area contributed by atoms with Gasteiger partial charge >= 0.3 is 0 Å². The Balaban J connectivity index is 2.20. The molecule has 0 aliphatic heterocycles. The normalized spacial score (nSPS) is 39.3. The monoisotopic (exact) mass is 237 g/mol. The zero-order valence-electron chi connectivity index (χ0n) is 12.0. The molecule has 0 saturated heterocycles. The minimum atomic E-state index is -0.0461. The number of ketones is 1. The predicted molar refractivity (Wildman–Crippen MR) is 70.9 cm³/mol. The quantitative estimate of drug-likeness (QED) is 0.749. The van der Waals surface area contributed by atoms with Gasteiger partial charge < -0.3 is 4.90 Å². The van der Waals surface area contributed by atoms with Crippen LogP contribution < -0.4 is 0 Å². The van der Waals surface area contributed by atoms with Crippen molar-refractivity contribution in [3.05, 3.63) is 0 Å². The number of nitrogens with zero attached hydrogens (tertiary/aromatic N) is 1. The molecule has 2 heteroatoms. The lowest BCUT2D eigenvalue weighted by Crippen LogP contribution is -2.38. The summed E-state index contributed by atoms with van der Waals surface area (Å²) in [5, 5.41) is 0. The number of fused-ring (bicyclic) bond motifs is 2. The van der Waals surface area contributed by atoms with E-state index in [-0.39, 0.29) is 10.8 Å². The molecule has 0 aromatic heterocycles. The Morgan fingerprint density at radius 3 is 2.24 bits per heavy atom. The van der Waals surface area contributed by atoms with Crippen LogP contribution in [0.5, 0.6) is 0 Å². The van der Waals surface area contributed by atoms with E-state index in [4.69, 9.17) is 0 Å². The molecule has 2 fully saturated rings. The predicted octanol–water partition coefficient (Wildman–Crippen LogP) is 2.97. The Hall–Kier alpha value is -0.370. The van der Waals surface area contributed by atoms with Crippen molar-refractivity contribution in [1.29, 1.82) is 0 Å². The minimum Gasteiger partial charge on any atom is -0.303 e. The van der Waals surface area contributed by atoms with E-state index in [9.17, 15) is 4.79 Å². The van der Waals surface area contributed by atoms with Gasteiger partial charge in [-0.1, -0.05) is 34.6 Å². The number of carbonyl (C=O) groups is 1. The van der Waals surface area contributed by atoms with Gasteiger partial charge in [0.05, 0.1) is 0 Å². The molecule has 0 aromatic rings. The SMILES string of the molecule is CCN(CC)C[C@@H]1C(=O)[C@]2(C)CC[C@H]1C2(C)C. The topological polar surface area (TPSA) is 20.3 Å². The number of hydrogen-bond acceptors (Lipinski definition) is 2. The van der Waals surface area contributed by atoms with E-state index >= 15 is 0 Å². The van der Waals surface area contributed by atoms with Crippen LogP contribution in [0.4, 0.5) is 0 Å². The van der Waals surface area contributed by atoms with Crippen LogP contribution in [0.3, 0.4) is 0 Å². The van der Waals surface area contributed by atoms with Crippen LogP contribution in [0.1, 0.15) is 47.5 Å². The first-order valence-corrected chi connectivity index (χ1v) is 7.15. The molecular weight excluding hydrogens is 210 g/mol. The van der Waals surface area contributed by atoms with Crippen LogP contribution in [0.15, 0.2) is 0 Å². The molecule has 0 aromatic carbocycles. The number of hydrogen-bond donors (Lipinski definition) is 0. The lowest BCUT2D eigenvalue weighted by atomic mass is 9.70. The van der Waals surface area contributed by atoms with Gasteiger partial charge in [0.25, 0.3) is 0 Å². The van der Waals surface area contributed by atoms with E-state index in [1.807, 2.05) is 0 Å². The van der Waals surface area contributed by atoms with Gasteiger partial charge in [-0.25, -0.2) is 0 Å². The number of rotatable bonds is 4. The fourth-order valence-electron chi connectivity index (χ4n) is 4.24. The summed E-state index contributed by atoms with van der Waals surface area (Å²) in [5.74, 6) is 1.45. The molecule has 2 nitrogen and oxygen atoms in total. The second-order valence-corrected chi connectivity index (χ2v) is 6.66. The molecule has 2 aliphatic rings. The van der Waals surface area contributed by atoms with Gasteiger partial charge in [-0.05, 0) is 37.3 Å². The van der Waals surface area contributed by atoms with Crippen LogP contribution in [0, 0.1) is 22.7 Å². The summed E-state index contributed by atoms with van der Waals surface area (Å²) in [4.78, 5) is 15.1. The largest absolute Gasteiger partial charge is 0.303 e. The lowest BCUT2D eigenvalue weighted by Gasteiger charge is -2.32. The summed E-state index contributed by atoms with van der Waals surface area (Å²) in [6.45, 7) is 14.3. The average molecular weight is 237 g/mol. The van der Waals surface area contributed by atoms with Gasteiger partial charge in [-0.3, -0.25) is 4.79 Å². The summed E-state index contributed by atoms with van der Waals surface area (Å²) < 4.78 is 0. The van der Waals surface area contributed by atoms with E-state index in [1.165, 1.54) is 6.42 Å². The molecule has 98 valence electrons. The van der Waals surface area contributed by atoms with Gasteiger partial charge in [0.2, 0.25) is 0 Å². The van der Waals surface area contributed by atoms with E-state index in [2.05, 4.69) is 39.5 Å². The van der Waals surface area contributed by atoms with E-state index in [0.29, 0.717) is 17.6 Å². The summed E-state index contributed by atoms with van der Waals surface area (Å²) in [6, 6.07) is 0. The van der Waals surface area contributed by atoms with Crippen molar-refractivity contribution in [2.24, 2.45) is 22.7 Å². The van der Waals surface area contributed by atoms with Crippen molar-refractivity contribution in [3.8, 4) is 0 Å². The molecule has 17 heavy (non-hydrogen) atoms. The molecule has 0 amide bonds. The first kappa shape index (κ1) is 13.1. The lowest BCUT2D eigenvalue weighted by molar-refractivity contribution is -0.132. The maximum Gasteiger partial charge on any atom is 0.143 e. The second-order valence-electron chi connectivity index (χ2n) is 6.66. The molecule has 3 atom stereocenters. The molecule has 2 aliphatic carbocycles. The van der Waals surface area contributed by atoms with Crippen molar-refractivity contribution in [2.45, 2.75) is 47.5 Å². The maximum absolute atomic E-state index is 12.6. The smallest absolute Gasteiger partial charge is 0.143 e. The number of carbonyl (C=O) groups excluding carboxylic acids is 1. The van der Waals surface area contributed by atoms with Gasteiger partial charge in [-0.15, -0.1) is 0 Å². The van der Waals surface area contributed by atoms with Crippen molar-refractivity contribution < 1.29 is 4.79 Å². The third-order valence-electron chi connectivity index (χ3n) is 6.02.